The highest BCUT2D eigenvalue weighted by Gasteiger charge is 2.26. The van der Waals surface area contributed by atoms with Gasteiger partial charge < -0.3 is 4.90 Å². The molecule has 1 saturated heterocycles. The Kier molecular flexibility index (Phi) is 6.70. The quantitative estimate of drug-likeness (QED) is 0.724. The van der Waals surface area contributed by atoms with Gasteiger partial charge in [0.05, 0.1) is 5.75 Å². The van der Waals surface area contributed by atoms with Crippen LogP contribution >= 0.6 is 11.6 Å². The van der Waals surface area contributed by atoms with Crippen LogP contribution in [-0.2, 0) is 22.2 Å². The molecule has 0 N–H and O–H groups in total. The molecule has 140 valence electrons. The second kappa shape index (κ2) is 9.00. The van der Waals surface area contributed by atoms with Crippen molar-refractivity contribution in [3.8, 4) is 0 Å². The number of aryl methyl sites for hydroxylation is 1. The summed E-state index contributed by atoms with van der Waals surface area (Å²) in [6.45, 7) is 3.75. The van der Waals surface area contributed by atoms with Gasteiger partial charge in [0.1, 0.15) is 0 Å². The number of sulfonamides is 1. The van der Waals surface area contributed by atoms with Crippen LogP contribution < -0.4 is 0 Å². The summed E-state index contributed by atoms with van der Waals surface area (Å²) >= 11 is 5.91. The fourth-order valence-electron chi connectivity index (χ4n) is 3.27. The van der Waals surface area contributed by atoms with E-state index in [1.807, 2.05) is 42.5 Å². The smallest absolute Gasteiger partial charge is 0.218 e. The number of hydrogen-bond acceptors (Lipinski definition) is 3. The van der Waals surface area contributed by atoms with Crippen LogP contribution in [0.5, 0.6) is 0 Å². The van der Waals surface area contributed by atoms with Gasteiger partial charge in [0.25, 0.3) is 0 Å². The molecular weight excluding hydrogens is 368 g/mol. The SMILES string of the molecule is O=S(=O)(Cc1ccccc1)N1CCN(CCCc2ccc(Cl)cc2)CC1. The van der Waals surface area contributed by atoms with Crippen molar-refractivity contribution in [2.24, 2.45) is 0 Å². The lowest BCUT2D eigenvalue weighted by Crippen LogP contribution is -2.49. The zero-order chi connectivity index (χ0) is 18.4. The molecule has 1 heterocycles. The largest absolute Gasteiger partial charge is 0.301 e. The summed E-state index contributed by atoms with van der Waals surface area (Å²) in [5.74, 6) is 0.0877. The Balaban J connectivity index is 1.43. The third-order valence-electron chi connectivity index (χ3n) is 4.77. The molecule has 0 unspecified atom stereocenters. The molecule has 0 amide bonds. The van der Waals surface area contributed by atoms with Crippen molar-refractivity contribution in [1.29, 1.82) is 0 Å². The van der Waals surface area contributed by atoms with Crippen LogP contribution in [0.25, 0.3) is 0 Å². The van der Waals surface area contributed by atoms with E-state index in [1.165, 1.54) is 5.56 Å². The van der Waals surface area contributed by atoms with E-state index in [0.29, 0.717) is 13.1 Å². The molecule has 2 aromatic rings. The number of nitrogens with zero attached hydrogens (tertiary/aromatic N) is 2. The van der Waals surface area contributed by atoms with Gasteiger partial charge in [-0.25, -0.2) is 8.42 Å². The minimum atomic E-state index is -3.23. The molecule has 0 spiro atoms. The van der Waals surface area contributed by atoms with Crippen LogP contribution in [0.3, 0.4) is 0 Å². The third-order valence-corrected chi connectivity index (χ3v) is 6.87. The van der Waals surface area contributed by atoms with Crippen LogP contribution in [0.4, 0.5) is 0 Å². The van der Waals surface area contributed by atoms with Gasteiger partial charge in [-0.1, -0.05) is 54.1 Å². The molecule has 6 heteroatoms. The maximum absolute atomic E-state index is 12.6. The average molecular weight is 393 g/mol. The summed E-state index contributed by atoms with van der Waals surface area (Å²) in [5.41, 5.74) is 2.14. The lowest BCUT2D eigenvalue weighted by atomic mass is 10.1. The molecule has 1 fully saturated rings. The van der Waals surface area contributed by atoms with Crippen LogP contribution in [0.15, 0.2) is 54.6 Å². The summed E-state index contributed by atoms with van der Waals surface area (Å²) in [4.78, 5) is 2.35. The van der Waals surface area contributed by atoms with Crippen molar-refractivity contribution < 1.29 is 8.42 Å². The molecule has 4 nitrogen and oxygen atoms in total. The summed E-state index contributed by atoms with van der Waals surface area (Å²) in [5, 5.41) is 0.765. The van der Waals surface area contributed by atoms with E-state index in [9.17, 15) is 8.42 Å². The maximum atomic E-state index is 12.6. The second-order valence-electron chi connectivity index (χ2n) is 6.71. The Labute approximate surface area is 161 Å². The first-order valence-corrected chi connectivity index (χ1v) is 11.0. The van der Waals surface area contributed by atoms with Gasteiger partial charge in [-0.15, -0.1) is 0 Å². The second-order valence-corrected chi connectivity index (χ2v) is 9.12. The fourth-order valence-corrected chi connectivity index (χ4v) is 4.91. The van der Waals surface area contributed by atoms with E-state index in [4.69, 9.17) is 11.6 Å². The van der Waals surface area contributed by atoms with E-state index in [0.717, 1.165) is 43.1 Å². The van der Waals surface area contributed by atoms with Gasteiger partial charge in [0.2, 0.25) is 10.0 Å². The molecule has 0 saturated carbocycles. The molecule has 1 aliphatic heterocycles. The van der Waals surface area contributed by atoms with Crippen LogP contribution in [0.2, 0.25) is 5.02 Å². The summed E-state index contributed by atoms with van der Waals surface area (Å²) in [7, 11) is -3.23. The predicted octanol–water partition coefficient (Wildman–Crippen LogP) is 3.42. The molecule has 26 heavy (non-hydrogen) atoms. The van der Waals surface area contributed by atoms with Crippen LogP contribution in [-0.4, -0.2) is 50.3 Å². The Bertz CT molecular complexity index is 786. The highest BCUT2D eigenvalue weighted by atomic mass is 35.5. The predicted molar refractivity (Wildman–Crippen MR) is 107 cm³/mol. The lowest BCUT2D eigenvalue weighted by Gasteiger charge is -2.34. The van der Waals surface area contributed by atoms with E-state index >= 15 is 0 Å². The van der Waals surface area contributed by atoms with Gasteiger partial charge in [-0.05, 0) is 42.6 Å². The summed E-state index contributed by atoms with van der Waals surface area (Å²) in [6, 6.07) is 17.4. The van der Waals surface area contributed by atoms with Gasteiger partial charge in [-0.2, -0.15) is 4.31 Å². The zero-order valence-electron chi connectivity index (χ0n) is 14.9. The van der Waals surface area contributed by atoms with Gasteiger partial charge in [-0.3, -0.25) is 0 Å². The number of halogens is 1. The van der Waals surface area contributed by atoms with Crippen molar-refractivity contribution in [1.82, 2.24) is 9.21 Å². The van der Waals surface area contributed by atoms with E-state index in [-0.39, 0.29) is 5.75 Å². The van der Waals surface area contributed by atoms with Crippen molar-refractivity contribution >= 4 is 21.6 Å². The third kappa shape index (κ3) is 5.55. The molecule has 2 aromatic carbocycles. The molecule has 1 aliphatic rings. The number of rotatable bonds is 7. The standard InChI is InChI=1S/C20H25ClN2O2S/c21-20-10-8-18(9-11-20)7-4-12-22-13-15-23(16-14-22)26(24,25)17-19-5-2-1-3-6-19/h1-3,5-6,8-11H,4,7,12-17H2. The van der Waals surface area contributed by atoms with Crippen molar-refractivity contribution in [2.45, 2.75) is 18.6 Å². The maximum Gasteiger partial charge on any atom is 0.218 e. The average Bonchev–Trinajstić information content (AvgIpc) is 2.64. The van der Waals surface area contributed by atoms with E-state index in [2.05, 4.69) is 17.0 Å². The molecule has 3 rings (SSSR count). The Morgan fingerprint density at radius 3 is 2.15 bits per heavy atom. The molecule has 0 atom stereocenters. The minimum absolute atomic E-state index is 0.0877. The zero-order valence-corrected chi connectivity index (χ0v) is 16.4. The number of piperazine rings is 1. The van der Waals surface area contributed by atoms with E-state index in [1.54, 1.807) is 4.31 Å². The van der Waals surface area contributed by atoms with Crippen molar-refractivity contribution in [3.63, 3.8) is 0 Å². The molecule has 0 bridgehead atoms. The summed E-state index contributed by atoms with van der Waals surface area (Å²) < 4.78 is 26.8. The van der Waals surface area contributed by atoms with Gasteiger partial charge in [0.15, 0.2) is 0 Å². The van der Waals surface area contributed by atoms with Crippen molar-refractivity contribution in [2.75, 3.05) is 32.7 Å². The lowest BCUT2D eigenvalue weighted by molar-refractivity contribution is 0.186. The highest BCUT2D eigenvalue weighted by molar-refractivity contribution is 7.88. The molecular formula is C20H25ClN2O2S. The Morgan fingerprint density at radius 2 is 1.50 bits per heavy atom. The Hall–Kier alpha value is -1.40. The first kappa shape index (κ1) is 19.4. The number of hydrogen-bond donors (Lipinski definition) is 0. The van der Waals surface area contributed by atoms with E-state index < -0.39 is 10.0 Å². The van der Waals surface area contributed by atoms with Gasteiger partial charge >= 0.3 is 0 Å². The van der Waals surface area contributed by atoms with Crippen LogP contribution in [0.1, 0.15) is 17.5 Å². The summed E-state index contributed by atoms with van der Waals surface area (Å²) in [6.07, 6.45) is 2.09. The fraction of sp³-hybridized carbons (Fsp3) is 0.400. The highest BCUT2D eigenvalue weighted by Crippen LogP contribution is 2.15. The monoisotopic (exact) mass is 392 g/mol. The molecule has 0 aliphatic carbocycles. The topological polar surface area (TPSA) is 40.6 Å². The van der Waals surface area contributed by atoms with Gasteiger partial charge in [0, 0.05) is 31.2 Å². The Morgan fingerprint density at radius 1 is 0.846 bits per heavy atom. The van der Waals surface area contributed by atoms with Crippen LogP contribution in [0, 0.1) is 0 Å². The number of benzene rings is 2. The first-order chi connectivity index (χ1) is 12.5. The first-order valence-electron chi connectivity index (χ1n) is 9.01. The van der Waals surface area contributed by atoms with Crippen molar-refractivity contribution in [3.05, 3.63) is 70.7 Å². The normalized spacial score (nSPS) is 16.7. The molecule has 0 radical (unpaired) electrons. The molecule has 0 aromatic heterocycles. The minimum Gasteiger partial charge on any atom is -0.301 e.